The van der Waals surface area contributed by atoms with Crippen LogP contribution < -0.4 is 4.90 Å². The van der Waals surface area contributed by atoms with Gasteiger partial charge < -0.3 is 4.90 Å². The number of para-hydroxylation sites is 2. The highest BCUT2D eigenvalue weighted by Gasteiger charge is 2.17. The predicted molar refractivity (Wildman–Crippen MR) is 250 cm³/mol. The third-order valence-electron chi connectivity index (χ3n) is 10.7. The molecule has 0 aliphatic heterocycles. The van der Waals surface area contributed by atoms with Gasteiger partial charge in [-0.25, -0.2) is 19.9 Å². The Morgan fingerprint density at radius 1 is 0.213 bits per heavy atom. The number of anilines is 3. The lowest BCUT2D eigenvalue weighted by Crippen LogP contribution is -2.09. The van der Waals surface area contributed by atoms with Crippen LogP contribution in [-0.2, 0) is 0 Å². The Kier molecular flexibility index (Phi) is 10.3. The number of hydrogen-bond acceptors (Lipinski definition) is 5. The molecule has 0 radical (unpaired) electrons. The maximum atomic E-state index is 5.25. The molecule has 0 saturated carbocycles. The highest BCUT2D eigenvalue weighted by atomic mass is 15.1. The van der Waals surface area contributed by atoms with Gasteiger partial charge in [0.1, 0.15) is 0 Å². The van der Waals surface area contributed by atoms with Crippen molar-refractivity contribution in [1.82, 2.24) is 19.9 Å². The van der Waals surface area contributed by atoms with Crippen molar-refractivity contribution in [3.63, 3.8) is 0 Å². The molecule has 288 valence electrons. The SMILES string of the molecule is c1ccc(-c2cc(-c3cc(-c4ccc(N(c5ccccc5)c5ccccc5)cc4)cc(-c4cc(-c5ccccc5)nc(-c5ccccc5)n4)c3)nc(-c3ccccc3)n2)cc1. The van der Waals surface area contributed by atoms with Gasteiger partial charge in [0.25, 0.3) is 0 Å². The Morgan fingerprint density at radius 2 is 0.508 bits per heavy atom. The fraction of sp³-hybridized carbons (Fsp3) is 0. The molecule has 0 atom stereocenters. The van der Waals surface area contributed by atoms with Crippen LogP contribution in [0.1, 0.15) is 0 Å². The van der Waals surface area contributed by atoms with Gasteiger partial charge in [-0.3, -0.25) is 0 Å². The van der Waals surface area contributed by atoms with E-state index in [4.69, 9.17) is 19.9 Å². The molecule has 0 spiro atoms. The molecule has 0 fully saturated rings. The van der Waals surface area contributed by atoms with Gasteiger partial charge in [0, 0.05) is 50.4 Å². The molecule has 2 aromatic heterocycles. The molecular weight excluding hydrogens is 743 g/mol. The van der Waals surface area contributed by atoms with E-state index >= 15 is 0 Å². The van der Waals surface area contributed by atoms with E-state index in [1.165, 1.54) is 0 Å². The van der Waals surface area contributed by atoms with Crippen LogP contribution >= 0.6 is 0 Å². The minimum absolute atomic E-state index is 0.662. The first-order valence-electron chi connectivity index (χ1n) is 20.4. The standard InChI is InChI=1S/C56H39N5/c1-7-19-41(20-8-1)51-38-53(59-55(57-51)43-23-11-3-12-24-43)46-35-45(40-31-33-50(34-32-40)61(48-27-15-5-16-28-48)49-29-17-6-18-30-49)36-47(37-46)54-39-52(42-21-9-2-10-22-42)58-56(60-54)44-25-13-4-14-26-44/h1-39H. The maximum absolute atomic E-state index is 5.25. The van der Waals surface area contributed by atoms with Gasteiger partial charge in [0.2, 0.25) is 0 Å². The maximum Gasteiger partial charge on any atom is 0.160 e. The zero-order valence-electron chi connectivity index (χ0n) is 33.3. The first-order valence-corrected chi connectivity index (χ1v) is 20.4. The Morgan fingerprint density at radius 3 is 0.885 bits per heavy atom. The molecule has 10 aromatic rings. The van der Waals surface area contributed by atoms with Crippen LogP contribution in [0.4, 0.5) is 17.1 Å². The molecule has 0 aliphatic carbocycles. The van der Waals surface area contributed by atoms with E-state index in [2.05, 4.69) is 157 Å². The quantitative estimate of drug-likeness (QED) is 0.138. The van der Waals surface area contributed by atoms with E-state index < -0.39 is 0 Å². The van der Waals surface area contributed by atoms with E-state index in [0.29, 0.717) is 11.6 Å². The third kappa shape index (κ3) is 8.09. The molecule has 0 amide bonds. The molecule has 0 aliphatic rings. The van der Waals surface area contributed by atoms with Crippen molar-refractivity contribution in [2.24, 2.45) is 0 Å². The first-order chi connectivity index (χ1) is 30.2. The van der Waals surface area contributed by atoms with Crippen LogP contribution in [-0.4, -0.2) is 19.9 Å². The second-order valence-electron chi connectivity index (χ2n) is 14.7. The summed E-state index contributed by atoms with van der Waals surface area (Å²) in [5, 5.41) is 0. The molecule has 61 heavy (non-hydrogen) atoms. The van der Waals surface area contributed by atoms with Gasteiger partial charge in [-0.1, -0.05) is 170 Å². The van der Waals surface area contributed by atoms with E-state index in [1.807, 2.05) is 84.9 Å². The average Bonchev–Trinajstić information content (AvgIpc) is 3.35. The summed E-state index contributed by atoms with van der Waals surface area (Å²) in [6, 6.07) is 81.5. The molecule has 0 bridgehead atoms. The number of aromatic nitrogens is 4. The van der Waals surface area contributed by atoms with E-state index in [-0.39, 0.29) is 0 Å². The first kappa shape index (κ1) is 37.0. The number of benzene rings is 8. The van der Waals surface area contributed by atoms with Crippen molar-refractivity contribution < 1.29 is 0 Å². The fourth-order valence-electron chi connectivity index (χ4n) is 7.63. The van der Waals surface area contributed by atoms with Crippen LogP contribution in [0.2, 0.25) is 0 Å². The summed E-state index contributed by atoms with van der Waals surface area (Å²) in [6.07, 6.45) is 0. The van der Waals surface area contributed by atoms with Gasteiger partial charge >= 0.3 is 0 Å². The summed E-state index contributed by atoms with van der Waals surface area (Å²) in [5.41, 5.74) is 14.5. The lowest BCUT2D eigenvalue weighted by Gasteiger charge is -2.25. The van der Waals surface area contributed by atoms with Crippen molar-refractivity contribution in [2.45, 2.75) is 0 Å². The fourth-order valence-corrected chi connectivity index (χ4v) is 7.63. The van der Waals surface area contributed by atoms with Crippen LogP contribution in [0, 0.1) is 0 Å². The Labute approximate surface area is 356 Å². The van der Waals surface area contributed by atoms with Gasteiger partial charge in [-0.05, 0) is 77.9 Å². The molecule has 8 aromatic carbocycles. The van der Waals surface area contributed by atoms with Crippen molar-refractivity contribution in [1.29, 1.82) is 0 Å². The molecule has 5 nitrogen and oxygen atoms in total. The van der Waals surface area contributed by atoms with Crippen LogP contribution in [0.5, 0.6) is 0 Å². The minimum Gasteiger partial charge on any atom is -0.311 e. The molecule has 0 saturated heterocycles. The topological polar surface area (TPSA) is 54.8 Å². The minimum atomic E-state index is 0.662. The van der Waals surface area contributed by atoms with Gasteiger partial charge in [0.15, 0.2) is 11.6 Å². The third-order valence-corrected chi connectivity index (χ3v) is 10.7. The molecule has 10 rings (SSSR count). The Bertz CT molecular complexity index is 2730. The lowest BCUT2D eigenvalue weighted by molar-refractivity contribution is 1.18. The molecule has 0 N–H and O–H groups in total. The molecular formula is C56H39N5. The summed E-state index contributed by atoms with van der Waals surface area (Å²) in [6.45, 7) is 0. The van der Waals surface area contributed by atoms with Crippen molar-refractivity contribution >= 4 is 17.1 Å². The monoisotopic (exact) mass is 781 g/mol. The highest BCUT2D eigenvalue weighted by Crippen LogP contribution is 2.39. The van der Waals surface area contributed by atoms with E-state index in [0.717, 1.165) is 84.3 Å². The normalized spacial score (nSPS) is 11.0. The van der Waals surface area contributed by atoms with Crippen molar-refractivity contribution in [3.05, 3.63) is 237 Å². The Hall–Kier alpha value is -8.28. The average molecular weight is 782 g/mol. The smallest absolute Gasteiger partial charge is 0.160 e. The summed E-state index contributed by atoms with van der Waals surface area (Å²) in [7, 11) is 0. The van der Waals surface area contributed by atoms with Gasteiger partial charge in [0.05, 0.1) is 22.8 Å². The van der Waals surface area contributed by atoms with E-state index in [1.54, 1.807) is 0 Å². The number of hydrogen-bond donors (Lipinski definition) is 0. The number of nitrogens with zero attached hydrogens (tertiary/aromatic N) is 5. The number of rotatable bonds is 10. The molecule has 5 heteroatoms. The summed E-state index contributed by atoms with van der Waals surface area (Å²) in [4.78, 5) is 23.0. The van der Waals surface area contributed by atoms with Gasteiger partial charge in [-0.15, -0.1) is 0 Å². The zero-order chi connectivity index (χ0) is 40.8. The van der Waals surface area contributed by atoms with Gasteiger partial charge in [-0.2, -0.15) is 0 Å². The second kappa shape index (κ2) is 16.9. The van der Waals surface area contributed by atoms with Crippen LogP contribution in [0.25, 0.3) is 78.9 Å². The highest BCUT2D eigenvalue weighted by molar-refractivity contribution is 5.84. The summed E-state index contributed by atoms with van der Waals surface area (Å²) < 4.78 is 0. The second-order valence-corrected chi connectivity index (χ2v) is 14.7. The molecule has 0 unspecified atom stereocenters. The lowest BCUT2D eigenvalue weighted by atomic mass is 9.95. The predicted octanol–water partition coefficient (Wildman–Crippen LogP) is 14.4. The van der Waals surface area contributed by atoms with Crippen LogP contribution in [0.15, 0.2) is 237 Å². The molecule has 2 heterocycles. The summed E-state index contributed by atoms with van der Waals surface area (Å²) >= 11 is 0. The largest absolute Gasteiger partial charge is 0.311 e. The van der Waals surface area contributed by atoms with Crippen molar-refractivity contribution in [3.8, 4) is 78.9 Å². The Balaban J connectivity index is 1.17. The van der Waals surface area contributed by atoms with Crippen molar-refractivity contribution in [2.75, 3.05) is 4.90 Å². The summed E-state index contributed by atoms with van der Waals surface area (Å²) in [5.74, 6) is 1.32. The van der Waals surface area contributed by atoms with Crippen LogP contribution in [0.3, 0.4) is 0 Å². The van der Waals surface area contributed by atoms with E-state index in [9.17, 15) is 0 Å². The zero-order valence-corrected chi connectivity index (χ0v) is 33.3.